The van der Waals surface area contributed by atoms with Crippen LogP contribution < -0.4 is 10.4 Å². The van der Waals surface area contributed by atoms with Crippen molar-refractivity contribution in [2.75, 3.05) is 7.11 Å². The molecule has 0 fully saturated rings. The third-order valence-corrected chi connectivity index (χ3v) is 2.24. The van der Waals surface area contributed by atoms with Crippen LogP contribution in [0.1, 0.15) is 31.1 Å². The third kappa shape index (κ3) is 2.37. The van der Waals surface area contributed by atoms with E-state index >= 15 is 0 Å². The molecule has 1 heterocycles. The van der Waals surface area contributed by atoms with Gasteiger partial charge in [-0.05, 0) is 13.3 Å². The molecule has 3 nitrogen and oxygen atoms in total. The van der Waals surface area contributed by atoms with Crippen molar-refractivity contribution in [1.29, 1.82) is 0 Å². The van der Waals surface area contributed by atoms with Crippen LogP contribution in [0.3, 0.4) is 0 Å². The molecule has 1 aromatic heterocycles. The molecule has 0 aliphatic rings. The third-order valence-electron chi connectivity index (χ3n) is 2.24. The highest BCUT2D eigenvalue weighted by Gasteiger charge is 2.08. The van der Waals surface area contributed by atoms with Crippen molar-refractivity contribution in [3.05, 3.63) is 27.8 Å². The predicted molar refractivity (Wildman–Crippen MR) is 54.9 cm³/mol. The molecular weight excluding hydrogens is 180 g/mol. The second-order valence-electron chi connectivity index (χ2n) is 3.29. The molecule has 0 saturated heterocycles. The number of unbranched alkanes of at least 4 members (excludes halogenated alkanes) is 1. The van der Waals surface area contributed by atoms with E-state index in [1.807, 2.05) is 6.92 Å². The van der Waals surface area contributed by atoms with E-state index in [4.69, 9.17) is 9.15 Å². The van der Waals surface area contributed by atoms with Crippen molar-refractivity contribution in [3.8, 4) is 5.75 Å². The number of rotatable bonds is 4. The minimum atomic E-state index is -0.335. The van der Waals surface area contributed by atoms with Gasteiger partial charge in [0.1, 0.15) is 11.5 Å². The molecule has 78 valence electrons. The van der Waals surface area contributed by atoms with E-state index in [1.54, 1.807) is 7.11 Å². The summed E-state index contributed by atoms with van der Waals surface area (Å²) in [5.74, 6) is 1.36. The zero-order valence-electron chi connectivity index (χ0n) is 8.92. The average Bonchev–Trinajstić information content (AvgIpc) is 2.18. The number of hydrogen-bond donors (Lipinski definition) is 0. The predicted octanol–water partition coefficient (Wildman–Crippen LogP) is 2.30. The Balaban J connectivity index is 3.03. The lowest BCUT2D eigenvalue weighted by atomic mass is 10.1. The summed E-state index contributed by atoms with van der Waals surface area (Å²) < 4.78 is 10.2. The van der Waals surface area contributed by atoms with Crippen LogP contribution in [-0.2, 0) is 6.42 Å². The SMILES string of the molecule is CCCCc1oc(=O)cc(OC)c1C. The van der Waals surface area contributed by atoms with Crippen LogP contribution in [-0.4, -0.2) is 7.11 Å². The van der Waals surface area contributed by atoms with Gasteiger partial charge in [0.05, 0.1) is 13.2 Å². The van der Waals surface area contributed by atoms with E-state index in [0.29, 0.717) is 5.75 Å². The zero-order chi connectivity index (χ0) is 10.6. The molecule has 0 saturated carbocycles. The van der Waals surface area contributed by atoms with Crippen LogP contribution >= 0.6 is 0 Å². The molecule has 0 aliphatic heterocycles. The summed E-state index contributed by atoms with van der Waals surface area (Å²) in [6.07, 6.45) is 2.91. The van der Waals surface area contributed by atoms with Crippen molar-refractivity contribution in [2.24, 2.45) is 0 Å². The lowest BCUT2D eigenvalue weighted by Gasteiger charge is -2.07. The monoisotopic (exact) mass is 196 g/mol. The van der Waals surface area contributed by atoms with E-state index in [1.165, 1.54) is 6.07 Å². The van der Waals surface area contributed by atoms with Gasteiger partial charge in [-0.3, -0.25) is 0 Å². The maximum atomic E-state index is 11.1. The van der Waals surface area contributed by atoms with Gasteiger partial charge in [-0.25, -0.2) is 4.79 Å². The second-order valence-corrected chi connectivity index (χ2v) is 3.29. The highest BCUT2D eigenvalue weighted by molar-refractivity contribution is 5.32. The number of aryl methyl sites for hydroxylation is 1. The summed E-state index contributed by atoms with van der Waals surface area (Å²) in [6.45, 7) is 4.01. The van der Waals surface area contributed by atoms with E-state index in [2.05, 4.69) is 6.92 Å². The summed E-state index contributed by atoms with van der Waals surface area (Å²) in [4.78, 5) is 11.1. The summed E-state index contributed by atoms with van der Waals surface area (Å²) in [5.41, 5.74) is 0.596. The quantitative estimate of drug-likeness (QED) is 0.741. The van der Waals surface area contributed by atoms with Gasteiger partial charge in [0.15, 0.2) is 0 Å². The molecule has 0 N–H and O–H groups in total. The molecule has 0 atom stereocenters. The molecule has 0 aromatic carbocycles. The largest absolute Gasteiger partial charge is 0.496 e. The summed E-state index contributed by atoms with van der Waals surface area (Å²) in [5, 5.41) is 0. The van der Waals surface area contributed by atoms with Crippen LogP contribution in [0.4, 0.5) is 0 Å². The molecule has 0 unspecified atom stereocenters. The van der Waals surface area contributed by atoms with Crippen molar-refractivity contribution in [3.63, 3.8) is 0 Å². The van der Waals surface area contributed by atoms with Gasteiger partial charge in [0.2, 0.25) is 0 Å². The number of methoxy groups -OCH3 is 1. The first-order chi connectivity index (χ1) is 6.69. The van der Waals surface area contributed by atoms with Crippen LogP contribution in [0.5, 0.6) is 5.75 Å². The Morgan fingerprint density at radius 1 is 1.50 bits per heavy atom. The summed E-state index contributed by atoms with van der Waals surface area (Å²) in [6, 6.07) is 1.38. The fraction of sp³-hybridized carbons (Fsp3) is 0.545. The smallest absolute Gasteiger partial charge is 0.339 e. The van der Waals surface area contributed by atoms with Gasteiger partial charge in [0.25, 0.3) is 0 Å². The lowest BCUT2D eigenvalue weighted by Crippen LogP contribution is -2.04. The van der Waals surface area contributed by atoms with E-state index < -0.39 is 0 Å². The lowest BCUT2D eigenvalue weighted by molar-refractivity contribution is 0.385. The Morgan fingerprint density at radius 2 is 2.21 bits per heavy atom. The fourth-order valence-electron chi connectivity index (χ4n) is 1.37. The first-order valence-corrected chi connectivity index (χ1v) is 4.86. The number of ether oxygens (including phenoxy) is 1. The molecule has 1 aromatic rings. The van der Waals surface area contributed by atoms with Crippen LogP contribution in [0.15, 0.2) is 15.3 Å². The Morgan fingerprint density at radius 3 is 2.79 bits per heavy atom. The van der Waals surface area contributed by atoms with E-state index in [-0.39, 0.29) is 5.63 Å². The minimum Gasteiger partial charge on any atom is -0.496 e. The highest BCUT2D eigenvalue weighted by Crippen LogP contribution is 2.19. The Hall–Kier alpha value is -1.25. The molecule has 0 bridgehead atoms. The van der Waals surface area contributed by atoms with Crippen LogP contribution in [0.2, 0.25) is 0 Å². The Labute approximate surface area is 83.7 Å². The highest BCUT2D eigenvalue weighted by atomic mass is 16.5. The molecular formula is C11H16O3. The van der Waals surface area contributed by atoms with Gasteiger partial charge in [-0.2, -0.15) is 0 Å². The molecule has 0 spiro atoms. The standard InChI is InChI=1S/C11H16O3/c1-4-5-6-9-8(2)10(13-3)7-11(12)14-9/h7H,4-6H2,1-3H3. The maximum Gasteiger partial charge on any atom is 0.339 e. The Bertz CT molecular complexity index is 352. The van der Waals surface area contributed by atoms with Crippen LogP contribution in [0.25, 0.3) is 0 Å². The van der Waals surface area contributed by atoms with Gasteiger partial charge in [-0.1, -0.05) is 13.3 Å². The number of hydrogen-bond acceptors (Lipinski definition) is 3. The molecule has 0 aliphatic carbocycles. The molecule has 3 heteroatoms. The van der Waals surface area contributed by atoms with E-state index in [0.717, 1.165) is 30.6 Å². The topological polar surface area (TPSA) is 39.4 Å². The first kappa shape index (κ1) is 10.8. The van der Waals surface area contributed by atoms with Crippen molar-refractivity contribution in [1.82, 2.24) is 0 Å². The Kier molecular flexibility index (Phi) is 3.74. The van der Waals surface area contributed by atoms with Gasteiger partial charge in [-0.15, -0.1) is 0 Å². The minimum absolute atomic E-state index is 0.335. The van der Waals surface area contributed by atoms with Gasteiger partial charge in [0, 0.05) is 12.0 Å². The zero-order valence-corrected chi connectivity index (χ0v) is 8.92. The van der Waals surface area contributed by atoms with Crippen molar-refractivity contribution >= 4 is 0 Å². The summed E-state index contributed by atoms with van der Waals surface area (Å²) >= 11 is 0. The maximum absolute atomic E-state index is 11.1. The first-order valence-electron chi connectivity index (χ1n) is 4.86. The normalized spacial score (nSPS) is 10.2. The van der Waals surface area contributed by atoms with Crippen molar-refractivity contribution in [2.45, 2.75) is 33.1 Å². The van der Waals surface area contributed by atoms with Crippen molar-refractivity contribution < 1.29 is 9.15 Å². The summed E-state index contributed by atoms with van der Waals surface area (Å²) in [7, 11) is 1.56. The second kappa shape index (κ2) is 4.84. The molecule has 14 heavy (non-hydrogen) atoms. The molecule has 0 amide bonds. The van der Waals surface area contributed by atoms with E-state index in [9.17, 15) is 4.79 Å². The molecule has 1 rings (SSSR count). The van der Waals surface area contributed by atoms with Crippen LogP contribution in [0, 0.1) is 6.92 Å². The average molecular weight is 196 g/mol. The molecule has 0 radical (unpaired) electrons. The van der Waals surface area contributed by atoms with Gasteiger partial charge >= 0.3 is 5.63 Å². The van der Waals surface area contributed by atoms with Gasteiger partial charge < -0.3 is 9.15 Å². The fourth-order valence-corrected chi connectivity index (χ4v) is 1.37.